The van der Waals surface area contributed by atoms with Crippen molar-refractivity contribution < 1.29 is 14.1 Å². The molecule has 7 heteroatoms. The van der Waals surface area contributed by atoms with Crippen molar-refractivity contribution >= 4 is 23.4 Å². The molecule has 0 unspecified atom stereocenters. The van der Waals surface area contributed by atoms with Crippen LogP contribution in [0.1, 0.15) is 39.4 Å². The summed E-state index contributed by atoms with van der Waals surface area (Å²) in [6.45, 7) is 2.89. The Balaban J connectivity index is 1.55. The third-order valence-corrected chi connectivity index (χ3v) is 4.41. The van der Waals surface area contributed by atoms with Gasteiger partial charge in [-0.05, 0) is 31.9 Å². The minimum atomic E-state index is -0.183. The lowest BCUT2D eigenvalue weighted by molar-refractivity contribution is 0.0688. The molecule has 1 fully saturated rings. The molecular weight excluding hydrogens is 330 g/mol. The zero-order valence-corrected chi connectivity index (χ0v) is 14.0. The second-order valence-corrected chi connectivity index (χ2v) is 6.25. The number of amides is 2. The number of nitrogens with zero attached hydrogens (tertiary/aromatic N) is 2. The first-order chi connectivity index (χ1) is 11.5. The lowest BCUT2D eigenvalue weighted by Crippen LogP contribution is -2.46. The molecule has 6 nitrogen and oxygen atoms in total. The highest BCUT2D eigenvalue weighted by atomic mass is 35.5. The van der Waals surface area contributed by atoms with Gasteiger partial charge in [-0.25, -0.2) is 0 Å². The third kappa shape index (κ3) is 3.59. The highest BCUT2D eigenvalue weighted by molar-refractivity contribution is 6.33. The van der Waals surface area contributed by atoms with Crippen molar-refractivity contribution in [1.29, 1.82) is 0 Å². The lowest BCUT2D eigenvalue weighted by atomic mass is 10.0. The molecule has 2 aromatic rings. The summed E-state index contributed by atoms with van der Waals surface area (Å²) in [4.78, 5) is 26.3. The van der Waals surface area contributed by atoms with Crippen LogP contribution in [0.2, 0.25) is 5.02 Å². The summed E-state index contributed by atoms with van der Waals surface area (Å²) in [5.41, 5.74) is 0.793. The van der Waals surface area contributed by atoms with Crippen LogP contribution in [0.25, 0.3) is 0 Å². The number of hydrogen-bond acceptors (Lipinski definition) is 4. The molecule has 0 radical (unpaired) electrons. The van der Waals surface area contributed by atoms with E-state index in [4.69, 9.17) is 16.1 Å². The van der Waals surface area contributed by atoms with Crippen LogP contribution in [0.4, 0.5) is 0 Å². The maximum Gasteiger partial charge on any atom is 0.276 e. The van der Waals surface area contributed by atoms with Crippen LogP contribution < -0.4 is 5.32 Å². The quantitative estimate of drug-likeness (QED) is 0.926. The molecule has 3 rings (SSSR count). The fourth-order valence-electron chi connectivity index (χ4n) is 2.76. The topological polar surface area (TPSA) is 75.4 Å². The van der Waals surface area contributed by atoms with Crippen molar-refractivity contribution in [3.63, 3.8) is 0 Å². The maximum atomic E-state index is 12.3. The van der Waals surface area contributed by atoms with Crippen LogP contribution in [0, 0.1) is 6.92 Å². The van der Waals surface area contributed by atoms with Gasteiger partial charge in [0.2, 0.25) is 0 Å². The fourth-order valence-corrected chi connectivity index (χ4v) is 2.99. The van der Waals surface area contributed by atoms with Gasteiger partial charge in [0.25, 0.3) is 11.8 Å². The van der Waals surface area contributed by atoms with E-state index in [9.17, 15) is 9.59 Å². The van der Waals surface area contributed by atoms with Crippen LogP contribution in [0.5, 0.6) is 0 Å². The lowest BCUT2D eigenvalue weighted by Gasteiger charge is -2.32. The Labute approximate surface area is 144 Å². The number of benzene rings is 1. The van der Waals surface area contributed by atoms with E-state index in [0.29, 0.717) is 48.0 Å². The number of rotatable bonds is 3. The van der Waals surface area contributed by atoms with Gasteiger partial charge in [0.15, 0.2) is 5.69 Å². The molecular formula is C17H18ClN3O3. The molecule has 0 spiro atoms. The molecule has 1 aromatic heterocycles. The van der Waals surface area contributed by atoms with Crippen LogP contribution in [-0.2, 0) is 0 Å². The molecule has 1 aromatic carbocycles. The maximum absolute atomic E-state index is 12.3. The zero-order chi connectivity index (χ0) is 17.1. The standard InChI is InChI=1S/C17H18ClN3O3/c1-11-10-15(20-24-11)17(23)21-8-6-12(7-9-21)19-16(22)13-4-2-3-5-14(13)18/h2-5,10,12H,6-9H2,1H3,(H,19,22). The summed E-state index contributed by atoms with van der Waals surface area (Å²) in [5, 5.41) is 7.18. The molecule has 2 heterocycles. The van der Waals surface area contributed by atoms with Gasteiger partial charge in [-0.1, -0.05) is 28.9 Å². The van der Waals surface area contributed by atoms with Gasteiger partial charge in [0.1, 0.15) is 5.76 Å². The van der Waals surface area contributed by atoms with Gasteiger partial charge in [-0.3, -0.25) is 9.59 Å². The second-order valence-electron chi connectivity index (χ2n) is 5.84. The van der Waals surface area contributed by atoms with Crippen LogP contribution in [0.3, 0.4) is 0 Å². The minimum Gasteiger partial charge on any atom is -0.361 e. The molecule has 0 bridgehead atoms. The summed E-state index contributed by atoms with van der Waals surface area (Å²) in [6, 6.07) is 8.61. The first-order valence-electron chi connectivity index (χ1n) is 7.82. The van der Waals surface area contributed by atoms with Gasteiger partial charge in [0, 0.05) is 25.2 Å². The Kier molecular flexibility index (Phi) is 4.85. The SMILES string of the molecule is Cc1cc(C(=O)N2CCC(NC(=O)c3ccccc3Cl)CC2)no1. The highest BCUT2D eigenvalue weighted by Gasteiger charge is 2.26. The number of halogens is 1. The average molecular weight is 348 g/mol. The van der Waals surface area contributed by atoms with Gasteiger partial charge in [-0.15, -0.1) is 0 Å². The van der Waals surface area contributed by atoms with Crippen molar-refractivity contribution in [2.45, 2.75) is 25.8 Å². The average Bonchev–Trinajstić information content (AvgIpc) is 3.02. The molecule has 1 saturated heterocycles. The summed E-state index contributed by atoms with van der Waals surface area (Å²) in [6.07, 6.45) is 1.39. The van der Waals surface area contributed by atoms with Crippen molar-refractivity contribution in [3.05, 3.63) is 52.4 Å². The van der Waals surface area contributed by atoms with E-state index in [-0.39, 0.29) is 17.9 Å². The number of hydrogen-bond donors (Lipinski definition) is 1. The van der Waals surface area contributed by atoms with Crippen LogP contribution in [0.15, 0.2) is 34.9 Å². The first kappa shape index (κ1) is 16.5. The molecule has 1 N–H and O–H groups in total. The number of likely N-dealkylation sites (tertiary alicyclic amines) is 1. The minimum absolute atomic E-state index is 0.0249. The predicted octanol–water partition coefficient (Wildman–Crippen LogP) is 2.67. The Morgan fingerprint density at radius 3 is 2.62 bits per heavy atom. The number of nitrogens with one attached hydrogen (secondary N) is 1. The van der Waals surface area contributed by atoms with E-state index in [1.165, 1.54) is 0 Å². The Bertz CT molecular complexity index is 751. The van der Waals surface area contributed by atoms with E-state index in [0.717, 1.165) is 0 Å². The van der Waals surface area contributed by atoms with Crippen molar-refractivity contribution in [1.82, 2.24) is 15.4 Å². The first-order valence-corrected chi connectivity index (χ1v) is 8.20. The predicted molar refractivity (Wildman–Crippen MR) is 89.1 cm³/mol. The van der Waals surface area contributed by atoms with Crippen molar-refractivity contribution in [2.24, 2.45) is 0 Å². The van der Waals surface area contributed by atoms with E-state index in [1.54, 1.807) is 42.2 Å². The van der Waals surface area contributed by atoms with E-state index >= 15 is 0 Å². The fraction of sp³-hybridized carbons (Fsp3) is 0.353. The summed E-state index contributed by atoms with van der Waals surface area (Å²) in [5.74, 6) is 0.292. The van der Waals surface area contributed by atoms with E-state index in [1.807, 2.05) is 0 Å². The van der Waals surface area contributed by atoms with Crippen LogP contribution >= 0.6 is 11.6 Å². The molecule has 2 amide bonds. The summed E-state index contributed by atoms with van der Waals surface area (Å²) >= 11 is 6.04. The highest BCUT2D eigenvalue weighted by Crippen LogP contribution is 2.17. The monoisotopic (exact) mass is 347 g/mol. The molecule has 126 valence electrons. The normalized spacial score (nSPS) is 15.3. The van der Waals surface area contributed by atoms with Gasteiger partial charge >= 0.3 is 0 Å². The van der Waals surface area contributed by atoms with Crippen LogP contribution in [-0.4, -0.2) is 41.0 Å². The smallest absolute Gasteiger partial charge is 0.276 e. The summed E-state index contributed by atoms with van der Waals surface area (Å²) < 4.78 is 4.94. The van der Waals surface area contributed by atoms with Crippen molar-refractivity contribution in [3.8, 4) is 0 Å². The summed E-state index contributed by atoms with van der Waals surface area (Å²) in [7, 11) is 0. The Hall–Kier alpha value is -2.34. The van der Waals surface area contributed by atoms with Gasteiger partial charge in [0.05, 0.1) is 10.6 Å². The molecule has 0 aliphatic carbocycles. The molecule has 0 saturated carbocycles. The van der Waals surface area contributed by atoms with Crippen molar-refractivity contribution in [2.75, 3.05) is 13.1 Å². The molecule has 1 aliphatic rings. The Morgan fingerprint density at radius 2 is 2.00 bits per heavy atom. The molecule has 1 aliphatic heterocycles. The molecule has 0 atom stereocenters. The number of carbonyl (C=O) groups is 2. The second kappa shape index (κ2) is 7.05. The number of aromatic nitrogens is 1. The largest absolute Gasteiger partial charge is 0.361 e. The van der Waals surface area contributed by atoms with E-state index in [2.05, 4.69) is 10.5 Å². The Morgan fingerprint density at radius 1 is 1.29 bits per heavy atom. The van der Waals surface area contributed by atoms with E-state index < -0.39 is 0 Å². The zero-order valence-electron chi connectivity index (χ0n) is 13.3. The van der Waals surface area contributed by atoms with Gasteiger partial charge < -0.3 is 14.7 Å². The molecule has 24 heavy (non-hydrogen) atoms. The number of piperidine rings is 1. The third-order valence-electron chi connectivity index (χ3n) is 4.08. The van der Waals surface area contributed by atoms with Gasteiger partial charge in [-0.2, -0.15) is 0 Å². The number of aryl methyl sites for hydroxylation is 1. The number of carbonyl (C=O) groups excluding carboxylic acids is 2.